The normalized spacial score (nSPS) is 11.7. The molecule has 0 heterocycles. The summed E-state index contributed by atoms with van der Waals surface area (Å²) in [4.78, 5) is 12.6. The van der Waals surface area contributed by atoms with E-state index in [0.717, 1.165) is 10.0 Å². The molecule has 1 atom stereocenters. The smallest absolute Gasteiger partial charge is 0.184 e. The lowest BCUT2D eigenvalue weighted by atomic mass is 9.90. The Bertz CT molecular complexity index is 706. The molecule has 0 saturated heterocycles. The van der Waals surface area contributed by atoms with Crippen LogP contribution < -0.4 is 0 Å². The van der Waals surface area contributed by atoms with E-state index >= 15 is 0 Å². The monoisotopic (exact) mass is 347 g/mol. The van der Waals surface area contributed by atoms with Crippen LogP contribution in [0.3, 0.4) is 0 Å². The lowest BCUT2D eigenvalue weighted by molar-refractivity contribution is 0.0978. The van der Waals surface area contributed by atoms with Gasteiger partial charge in [0.05, 0.1) is 6.07 Å². The van der Waals surface area contributed by atoms with Gasteiger partial charge < -0.3 is 0 Å². The zero-order valence-electron chi connectivity index (χ0n) is 10.7. The molecule has 0 bridgehead atoms. The summed E-state index contributed by atoms with van der Waals surface area (Å²) in [5.41, 5.74) is 1.98. The van der Waals surface area contributed by atoms with E-state index in [9.17, 15) is 10.1 Å². The van der Waals surface area contributed by atoms with Gasteiger partial charge in [-0.2, -0.15) is 5.26 Å². The van der Waals surface area contributed by atoms with Gasteiger partial charge in [-0.25, -0.2) is 0 Å². The van der Waals surface area contributed by atoms with Gasteiger partial charge in [-0.1, -0.05) is 45.7 Å². The Hall–Kier alpha value is -1.63. The molecule has 2 rings (SSSR count). The third-order valence-electron chi connectivity index (χ3n) is 3.04. The number of benzene rings is 2. The molecular formula is C16H11BrClNO. The van der Waals surface area contributed by atoms with Crippen molar-refractivity contribution in [1.82, 2.24) is 0 Å². The van der Waals surface area contributed by atoms with Crippen LogP contribution in [0.5, 0.6) is 0 Å². The van der Waals surface area contributed by atoms with Crippen molar-refractivity contribution in [2.75, 3.05) is 0 Å². The molecule has 20 heavy (non-hydrogen) atoms. The summed E-state index contributed by atoms with van der Waals surface area (Å²) in [6, 6.07) is 14.4. The van der Waals surface area contributed by atoms with E-state index in [0.29, 0.717) is 16.1 Å². The first-order chi connectivity index (χ1) is 9.52. The van der Waals surface area contributed by atoms with Crippen LogP contribution in [-0.4, -0.2) is 5.78 Å². The van der Waals surface area contributed by atoms with E-state index < -0.39 is 5.92 Å². The van der Waals surface area contributed by atoms with Gasteiger partial charge in [-0.3, -0.25) is 4.79 Å². The van der Waals surface area contributed by atoms with Crippen LogP contribution in [0, 0.1) is 18.3 Å². The number of Topliss-reactive ketones (excluding diaryl/α,β-unsaturated/α-hetero) is 1. The Kier molecular flexibility index (Phi) is 4.59. The largest absolute Gasteiger partial charge is 0.292 e. The van der Waals surface area contributed by atoms with Gasteiger partial charge in [-0.15, -0.1) is 0 Å². The Morgan fingerprint density at radius 1 is 1.30 bits per heavy atom. The van der Waals surface area contributed by atoms with Gasteiger partial charge in [0.15, 0.2) is 5.78 Å². The number of carbonyl (C=O) groups is 1. The second-order valence-corrected chi connectivity index (χ2v) is 5.79. The topological polar surface area (TPSA) is 40.9 Å². The Morgan fingerprint density at radius 3 is 2.70 bits per heavy atom. The first-order valence-electron chi connectivity index (χ1n) is 5.98. The molecule has 0 N–H and O–H groups in total. The van der Waals surface area contributed by atoms with Crippen LogP contribution in [0.4, 0.5) is 0 Å². The van der Waals surface area contributed by atoms with Gasteiger partial charge in [0.25, 0.3) is 0 Å². The van der Waals surface area contributed by atoms with Crippen molar-refractivity contribution in [3.8, 4) is 6.07 Å². The van der Waals surface area contributed by atoms with Crippen LogP contribution in [0.25, 0.3) is 0 Å². The van der Waals surface area contributed by atoms with Crippen molar-refractivity contribution >= 4 is 33.3 Å². The SMILES string of the molecule is Cc1ccc(Cl)cc1C(=O)C(C#N)c1cccc(Br)c1. The highest BCUT2D eigenvalue weighted by Crippen LogP contribution is 2.26. The molecule has 0 aliphatic heterocycles. The summed E-state index contributed by atoms with van der Waals surface area (Å²) in [7, 11) is 0. The minimum Gasteiger partial charge on any atom is -0.292 e. The van der Waals surface area contributed by atoms with Crippen LogP contribution in [0.2, 0.25) is 5.02 Å². The second kappa shape index (κ2) is 6.21. The van der Waals surface area contributed by atoms with Crippen LogP contribution >= 0.6 is 27.5 Å². The average molecular weight is 349 g/mol. The van der Waals surface area contributed by atoms with Gasteiger partial charge in [0.1, 0.15) is 5.92 Å². The first-order valence-corrected chi connectivity index (χ1v) is 7.15. The van der Waals surface area contributed by atoms with Crippen LogP contribution in [0.1, 0.15) is 27.4 Å². The first kappa shape index (κ1) is 14.8. The number of halogens is 2. The van der Waals surface area contributed by atoms with E-state index in [1.807, 2.05) is 19.1 Å². The number of rotatable bonds is 3. The quantitative estimate of drug-likeness (QED) is 0.740. The molecule has 2 aromatic rings. The van der Waals surface area contributed by atoms with Crippen LogP contribution in [-0.2, 0) is 0 Å². The standard InChI is InChI=1S/C16H11BrClNO/c1-10-5-6-13(18)8-14(10)16(20)15(9-19)11-3-2-4-12(17)7-11/h2-8,15H,1H3. The molecular weight excluding hydrogens is 338 g/mol. The zero-order chi connectivity index (χ0) is 14.7. The summed E-state index contributed by atoms with van der Waals surface area (Å²) in [6.45, 7) is 1.83. The molecule has 4 heteroatoms. The number of nitrogens with zero attached hydrogens (tertiary/aromatic N) is 1. The third-order valence-corrected chi connectivity index (χ3v) is 3.77. The zero-order valence-corrected chi connectivity index (χ0v) is 13.1. The van der Waals surface area contributed by atoms with Crippen molar-refractivity contribution in [3.63, 3.8) is 0 Å². The molecule has 0 spiro atoms. The predicted octanol–water partition coefficient (Wildman–Crippen LogP) is 4.90. The molecule has 0 aliphatic carbocycles. The lowest BCUT2D eigenvalue weighted by Gasteiger charge is -2.11. The maximum Gasteiger partial charge on any atom is 0.184 e. The maximum atomic E-state index is 12.6. The Balaban J connectivity index is 2.45. The molecule has 0 fully saturated rings. The minimum absolute atomic E-state index is 0.231. The highest BCUT2D eigenvalue weighted by Gasteiger charge is 2.23. The van der Waals surface area contributed by atoms with Gasteiger partial charge in [0, 0.05) is 15.1 Å². The Labute approximate surface area is 131 Å². The van der Waals surface area contributed by atoms with Crippen molar-refractivity contribution in [2.24, 2.45) is 0 Å². The molecule has 0 aliphatic rings. The molecule has 0 amide bonds. The fraction of sp³-hybridized carbons (Fsp3) is 0.125. The number of aryl methyl sites for hydroxylation is 1. The fourth-order valence-corrected chi connectivity index (χ4v) is 2.57. The molecule has 1 unspecified atom stereocenters. The maximum absolute atomic E-state index is 12.6. The third kappa shape index (κ3) is 3.09. The molecule has 0 saturated carbocycles. The highest BCUT2D eigenvalue weighted by atomic mass is 79.9. The molecule has 0 radical (unpaired) electrons. The average Bonchev–Trinajstić information content (AvgIpc) is 2.42. The lowest BCUT2D eigenvalue weighted by Crippen LogP contribution is -2.12. The molecule has 2 aromatic carbocycles. The van der Waals surface area contributed by atoms with Gasteiger partial charge in [-0.05, 0) is 42.3 Å². The van der Waals surface area contributed by atoms with E-state index in [1.54, 1.807) is 30.3 Å². The van der Waals surface area contributed by atoms with E-state index in [1.165, 1.54) is 0 Å². The highest BCUT2D eigenvalue weighted by molar-refractivity contribution is 9.10. The molecule has 2 nitrogen and oxygen atoms in total. The minimum atomic E-state index is -0.829. The van der Waals surface area contributed by atoms with E-state index in [-0.39, 0.29) is 5.78 Å². The van der Waals surface area contributed by atoms with Crippen molar-refractivity contribution in [2.45, 2.75) is 12.8 Å². The van der Waals surface area contributed by atoms with Crippen molar-refractivity contribution < 1.29 is 4.79 Å². The van der Waals surface area contributed by atoms with Gasteiger partial charge >= 0.3 is 0 Å². The molecule has 100 valence electrons. The summed E-state index contributed by atoms with van der Waals surface area (Å²) in [5, 5.41) is 9.83. The van der Waals surface area contributed by atoms with Crippen LogP contribution in [0.15, 0.2) is 46.9 Å². The van der Waals surface area contributed by atoms with Gasteiger partial charge in [0.2, 0.25) is 0 Å². The Morgan fingerprint density at radius 2 is 2.05 bits per heavy atom. The number of nitriles is 1. The van der Waals surface area contributed by atoms with Crippen molar-refractivity contribution in [3.05, 3.63) is 68.7 Å². The number of hydrogen-bond donors (Lipinski definition) is 0. The summed E-state index contributed by atoms with van der Waals surface area (Å²) < 4.78 is 0.839. The summed E-state index contributed by atoms with van der Waals surface area (Å²) in [5.74, 6) is -1.06. The van der Waals surface area contributed by atoms with Crippen molar-refractivity contribution in [1.29, 1.82) is 5.26 Å². The summed E-state index contributed by atoms with van der Waals surface area (Å²) >= 11 is 9.29. The predicted molar refractivity (Wildman–Crippen MR) is 83.0 cm³/mol. The van der Waals surface area contributed by atoms with E-state index in [2.05, 4.69) is 22.0 Å². The fourth-order valence-electron chi connectivity index (χ4n) is 1.99. The number of ketones is 1. The number of carbonyl (C=O) groups excluding carboxylic acids is 1. The second-order valence-electron chi connectivity index (χ2n) is 4.44. The number of hydrogen-bond acceptors (Lipinski definition) is 2. The van der Waals surface area contributed by atoms with E-state index in [4.69, 9.17) is 11.6 Å². The summed E-state index contributed by atoms with van der Waals surface area (Å²) in [6.07, 6.45) is 0. The molecule has 0 aromatic heterocycles.